The molecule has 0 heterocycles. The van der Waals surface area contributed by atoms with Crippen LogP contribution < -0.4 is 11.1 Å². The van der Waals surface area contributed by atoms with Crippen molar-refractivity contribution in [2.45, 2.75) is 112 Å². The van der Waals surface area contributed by atoms with Gasteiger partial charge in [0.25, 0.3) is 0 Å². The van der Waals surface area contributed by atoms with E-state index in [9.17, 15) is 9.59 Å². The Bertz CT molecular complexity index is 580. The van der Waals surface area contributed by atoms with E-state index in [4.69, 9.17) is 10.5 Å². The van der Waals surface area contributed by atoms with Gasteiger partial charge in [-0.15, -0.1) is 0 Å². The number of carbonyl (C=O) groups is 2. The molecule has 0 aliphatic heterocycles. The third kappa shape index (κ3) is 14.2. The zero-order valence-electron chi connectivity index (χ0n) is 22.5. The fraction of sp³-hybridized carbons (Fsp3) is 0.778. The summed E-state index contributed by atoms with van der Waals surface area (Å²) in [7, 11) is 0. The van der Waals surface area contributed by atoms with Crippen LogP contribution in [0.2, 0.25) is 13.3 Å². The van der Waals surface area contributed by atoms with Crippen LogP contribution in [-0.2, 0) is 14.3 Å². The van der Waals surface area contributed by atoms with Gasteiger partial charge >= 0.3 is 196 Å². The van der Waals surface area contributed by atoms with Crippen molar-refractivity contribution in [3.63, 3.8) is 0 Å². The van der Waals surface area contributed by atoms with Crippen molar-refractivity contribution in [1.82, 2.24) is 5.32 Å². The van der Waals surface area contributed by atoms with Gasteiger partial charge in [-0.2, -0.15) is 0 Å². The second-order valence-electron chi connectivity index (χ2n) is 9.97. The number of hydrogen-bond donors (Lipinski definition) is 2. The van der Waals surface area contributed by atoms with Crippen LogP contribution in [0, 0.1) is 11.8 Å². The summed E-state index contributed by atoms with van der Waals surface area (Å²) in [5, 5.41) is 3.00. The van der Waals surface area contributed by atoms with Crippen LogP contribution in [0.4, 0.5) is 0 Å². The van der Waals surface area contributed by atoms with Crippen molar-refractivity contribution in [3.05, 3.63) is 22.3 Å². The molecule has 0 aromatic carbocycles. The van der Waals surface area contributed by atoms with Crippen molar-refractivity contribution in [3.8, 4) is 0 Å². The molecule has 0 saturated carbocycles. The maximum atomic E-state index is 12.4. The first-order valence-corrected chi connectivity index (χ1v) is 20.9. The summed E-state index contributed by atoms with van der Waals surface area (Å²) in [6.07, 6.45) is 13.1. The second-order valence-corrected chi connectivity index (χ2v) is 23.0. The van der Waals surface area contributed by atoms with Crippen molar-refractivity contribution < 1.29 is 14.3 Å². The van der Waals surface area contributed by atoms with Crippen LogP contribution in [0.5, 0.6) is 0 Å². The maximum absolute atomic E-state index is 12.4. The van der Waals surface area contributed by atoms with Gasteiger partial charge in [-0.1, -0.05) is 0 Å². The Hall–Kier alpha value is -0.821. The Kier molecular flexibility index (Phi) is 18.0. The monoisotopic (exact) mass is 572 g/mol. The molecule has 0 unspecified atom stereocenters. The predicted molar refractivity (Wildman–Crippen MR) is 144 cm³/mol. The van der Waals surface area contributed by atoms with Crippen molar-refractivity contribution >= 4 is 30.3 Å². The molecular weight excluding hydrogens is 519 g/mol. The van der Waals surface area contributed by atoms with Crippen LogP contribution in [-0.4, -0.2) is 48.9 Å². The molecule has 5 nitrogen and oxygen atoms in total. The average molecular weight is 571 g/mol. The Morgan fingerprint density at radius 3 is 1.88 bits per heavy atom. The molecule has 192 valence electrons. The number of esters is 1. The van der Waals surface area contributed by atoms with Gasteiger partial charge in [-0.05, 0) is 6.92 Å². The molecule has 6 heteroatoms. The van der Waals surface area contributed by atoms with E-state index >= 15 is 0 Å². The number of ether oxygens (including phenoxy) is 1. The quantitative estimate of drug-likeness (QED) is 0.117. The Morgan fingerprint density at radius 2 is 1.45 bits per heavy atom. The number of hydrogen-bond acceptors (Lipinski definition) is 4. The van der Waals surface area contributed by atoms with Gasteiger partial charge < -0.3 is 5.73 Å². The van der Waals surface area contributed by atoms with Crippen molar-refractivity contribution in [1.29, 1.82) is 0 Å². The Labute approximate surface area is 208 Å². The van der Waals surface area contributed by atoms with Gasteiger partial charge in [0.1, 0.15) is 0 Å². The number of amides is 1. The average Bonchev–Trinajstić information content (AvgIpc) is 2.78. The number of nitrogens with one attached hydrogen (secondary N) is 1. The number of nitrogens with two attached hydrogens (primary N) is 1. The predicted octanol–water partition coefficient (Wildman–Crippen LogP) is 6.15. The molecule has 0 radical (unpaired) electrons. The SMILES string of the molecule is CCC[CH2][Sn](/[CH]=C/CNC(=O)/C=C/[C@@H](C)[C@H](OC(=O)[C@@H](C)N)C(C)C)([CH2]CCC)[CH2]CCC. The number of unbranched alkanes of at least 4 members (excludes halogenated alkanes) is 3. The van der Waals surface area contributed by atoms with Crippen LogP contribution in [0.15, 0.2) is 22.3 Å². The molecule has 0 aromatic heterocycles. The molecule has 0 fully saturated rings. The zero-order valence-corrected chi connectivity index (χ0v) is 25.3. The molecule has 0 spiro atoms. The molecule has 0 rings (SSSR count). The minimum atomic E-state index is -2.29. The van der Waals surface area contributed by atoms with E-state index in [1.165, 1.54) is 51.8 Å². The van der Waals surface area contributed by atoms with Crippen LogP contribution in [0.25, 0.3) is 0 Å². The van der Waals surface area contributed by atoms with E-state index in [-0.39, 0.29) is 23.8 Å². The van der Waals surface area contributed by atoms with Gasteiger partial charge in [0.05, 0.1) is 0 Å². The van der Waals surface area contributed by atoms with Gasteiger partial charge in [0.15, 0.2) is 0 Å². The summed E-state index contributed by atoms with van der Waals surface area (Å²) < 4.78 is 12.4. The van der Waals surface area contributed by atoms with Crippen LogP contribution >= 0.6 is 0 Å². The normalized spacial score (nSPS) is 15.2. The number of rotatable bonds is 18. The fourth-order valence-corrected chi connectivity index (χ4v) is 18.6. The van der Waals surface area contributed by atoms with E-state index in [0.29, 0.717) is 6.54 Å². The summed E-state index contributed by atoms with van der Waals surface area (Å²) in [5.74, 6) is -0.458. The van der Waals surface area contributed by atoms with Crippen molar-refractivity contribution in [2.24, 2.45) is 17.6 Å². The zero-order chi connectivity index (χ0) is 25.3. The first-order chi connectivity index (χ1) is 15.6. The van der Waals surface area contributed by atoms with E-state index < -0.39 is 30.4 Å². The van der Waals surface area contributed by atoms with E-state index in [1.54, 1.807) is 13.0 Å². The molecule has 0 aliphatic carbocycles. The summed E-state index contributed by atoms with van der Waals surface area (Å²) in [5.41, 5.74) is 5.63. The van der Waals surface area contributed by atoms with Gasteiger partial charge in [0.2, 0.25) is 0 Å². The van der Waals surface area contributed by atoms with Crippen molar-refractivity contribution in [2.75, 3.05) is 6.54 Å². The molecule has 3 N–H and O–H groups in total. The molecule has 1 amide bonds. The van der Waals surface area contributed by atoms with Gasteiger partial charge in [0, 0.05) is 0 Å². The first kappa shape index (κ1) is 32.2. The molecular formula is C27H52N2O3Sn. The topological polar surface area (TPSA) is 81.4 Å². The first-order valence-electron chi connectivity index (χ1n) is 13.2. The van der Waals surface area contributed by atoms with Crippen LogP contribution in [0.3, 0.4) is 0 Å². The second kappa shape index (κ2) is 18.5. The Morgan fingerprint density at radius 1 is 0.939 bits per heavy atom. The summed E-state index contributed by atoms with van der Waals surface area (Å²) in [6, 6.07) is -0.651. The summed E-state index contributed by atoms with van der Waals surface area (Å²) >= 11 is -2.29. The van der Waals surface area contributed by atoms with E-state index in [2.05, 4.69) is 36.3 Å². The van der Waals surface area contributed by atoms with Gasteiger partial charge in [-0.25, -0.2) is 0 Å². The van der Waals surface area contributed by atoms with E-state index in [1.807, 2.05) is 26.8 Å². The molecule has 3 atom stereocenters. The molecule has 0 saturated heterocycles. The Balaban J connectivity index is 4.96. The standard InChI is InChI=1S/C15H25N2O3.3C4H9.Sn/c1-6-9-17-13(18)8-7-11(4)14(10(2)3)20-15(19)12(5)16;3*1-3-4-2;/h1,6-8,10-12,14H,9,16H2,2-5H3,(H,17,18);3*1,3-4H2,2H3;/b6-1?,8-7+;;;;/t11-,12-,14-;;;;/m1..../s1. The molecule has 33 heavy (non-hydrogen) atoms. The molecule has 0 aliphatic rings. The van der Waals surface area contributed by atoms with Crippen LogP contribution in [0.1, 0.15) is 87.0 Å². The minimum absolute atomic E-state index is 0.0741. The fourth-order valence-electron chi connectivity index (χ4n) is 4.18. The third-order valence-corrected chi connectivity index (χ3v) is 20.5. The molecule has 0 bridgehead atoms. The summed E-state index contributed by atoms with van der Waals surface area (Å²) in [4.78, 5) is 24.3. The van der Waals surface area contributed by atoms with Gasteiger partial charge in [-0.3, -0.25) is 0 Å². The summed E-state index contributed by atoms with van der Waals surface area (Å²) in [6.45, 7) is 15.0. The molecule has 0 aromatic rings. The van der Waals surface area contributed by atoms with E-state index in [0.717, 1.165) is 0 Å². The number of carbonyl (C=O) groups excluding carboxylic acids is 2. The third-order valence-electron chi connectivity index (χ3n) is 6.30.